The molecule has 0 unspecified atom stereocenters. The van der Waals surface area contributed by atoms with Crippen LogP contribution in [0.4, 0.5) is 10.7 Å². The molecule has 0 aliphatic carbocycles. The van der Waals surface area contributed by atoms with Gasteiger partial charge in [-0.25, -0.2) is 14.8 Å². The lowest BCUT2D eigenvalue weighted by Gasteiger charge is -2.18. The van der Waals surface area contributed by atoms with Gasteiger partial charge in [-0.05, 0) is 44.3 Å². The molecule has 2 rings (SSSR count). The number of hydrogen-bond acceptors (Lipinski definition) is 5. The van der Waals surface area contributed by atoms with Gasteiger partial charge < -0.3 is 26.6 Å². The number of hydrogen-bond donors (Lipinski definition) is 3. The number of carbonyl (C=O) groups is 1. The number of anilines is 1. The number of nitrogens with two attached hydrogens (primary N) is 2. The third kappa shape index (κ3) is 6.84. The number of benzene rings is 1. The van der Waals surface area contributed by atoms with E-state index in [1.165, 1.54) is 0 Å². The molecule has 5 N–H and O–H groups in total. The molecule has 9 nitrogen and oxygen atoms in total. The molecule has 28 heavy (non-hydrogen) atoms. The topological polar surface area (TPSA) is 126 Å². The quantitative estimate of drug-likeness (QED) is 0.458. The van der Waals surface area contributed by atoms with Gasteiger partial charge in [-0.3, -0.25) is 0 Å². The van der Waals surface area contributed by atoms with E-state index in [0.29, 0.717) is 12.5 Å². The highest BCUT2D eigenvalue weighted by Gasteiger charge is 2.07. The second-order valence-electron chi connectivity index (χ2n) is 6.75. The van der Waals surface area contributed by atoms with Gasteiger partial charge in [0.25, 0.3) is 0 Å². The molecular weight excluding hydrogens is 356 g/mol. The van der Waals surface area contributed by atoms with E-state index in [2.05, 4.69) is 39.3 Å². The molecule has 0 saturated carbocycles. The van der Waals surface area contributed by atoms with Crippen LogP contribution in [0.2, 0.25) is 0 Å². The summed E-state index contributed by atoms with van der Waals surface area (Å²) < 4.78 is 0. The first-order valence-electron chi connectivity index (χ1n) is 9.00. The maximum atomic E-state index is 11.5. The van der Waals surface area contributed by atoms with Crippen LogP contribution in [0.3, 0.4) is 0 Å². The lowest BCUT2D eigenvalue weighted by atomic mass is 10.1. The second-order valence-corrected chi connectivity index (χ2v) is 6.75. The fourth-order valence-corrected chi connectivity index (χ4v) is 2.59. The standard InChI is InChI=1S/C19H28N8O/c1-26(2)8-5-9-27(3)18-22-12-16(13-23-18)15-7-4-6-14(10-15)11-24-19(28)25-17(20)21/h4,6-7,10,12-13H,5,8-9,11H2,1-3H3,(H5,20,21,24,25,28). The number of carbonyl (C=O) groups excluding carboxylic acids is 1. The van der Waals surface area contributed by atoms with Gasteiger partial charge in [0.1, 0.15) is 0 Å². The van der Waals surface area contributed by atoms with Crippen molar-refractivity contribution in [2.24, 2.45) is 16.5 Å². The number of nitrogens with one attached hydrogen (secondary N) is 1. The number of nitrogens with zero attached hydrogens (tertiary/aromatic N) is 5. The summed E-state index contributed by atoms with van der Waals surface area (Å²) in [5, 5.41) is 2.63. The molecule has 0 saturated heterocycles. The second kappa shape index (κ2) is 10.2. The highest BCUT2D eigenvalue weighted by atomic mass is 16.2. The van der Waals surface area contributed by atoms with Crippen molar-refractivity contribution < 1.29 is 4.79 Å². The van der Waals surface area contributed by atoms with Gasteiger partial charge in [0, 0.05) is 38.1 Å². The van der Waals surface area contributed by atoms with Crippen LogP contribution < -0.4 is 21.7 Å². The fraction of sp³-hybridized carbons (Fsp3) is 0.368. The van der Waals surface area contributed by atoms with Gasteiger partial charge in [-0.2, -0.15) is 4.99 Å². The minimum absolute atomic E-state index is 0.268. The van der Waals surface area contributed by atoms with E-state index in [4.69, 9.17) is 11.5 Å². The molecule has 1 heterocycles. The van der Waals surface area contributed by atoms with Crippen molar-refractivity contribution in [3.8, 4) is 11.1 Å². The Bertz CT molecular complexity index is 800. The molecule has 0 bridgehead atoms. The highest BCUT2D eigenvalue weighted by molar-refractivity contribution is 5.90. The molecule has 1 aromatic carbocycles. The monoisotopic (exact) mass is 384 g/mol. The zero-order valence-electron chi connectivity index (χ0n) is 16.6. The number of urea groups is 1. The van der Waals surface area contributed by atoms with Crippen molar-refractivity contribution in [1.82, 2.24) is 20.2 Å². The van der Waals surface area contributed by atoms with E-state index in [-0.39, 0.29) is 5.96 Å². The third-order valence-electron chi connectivity index (χ3n) is 4.01. The molecule has 0 aliphatic heterocycles. The Balaban J connectivity index is 1.99. The summed E-state index contributed by atoms with van der Waals surface area (Å²) in [6.45, 7) is 2.23. The first-order valence-corrected chi connectivity index (χ1v) is 9.00. The molecule has 0 aliphatic rings. The smallest absolute Gasteiger partial charge is 0.344 e. The summed E-state index contributed by atoms with van der Waals surface area (Å²) in [5.41, 5.74) is 13.2. The van der Waals surface area contributed by atoms with E-state index in [1.54, 1.807) is 0 Å². The van der Waals surface area contributed by atoms with Gasteiger partial charge in [0.05, 0.1) is 0 Å². The van der Waals surface area contributed by atoms with Crippen LogP contribution in [0.15, 0.2) is 41.7 Å². The maximum absolute atomic E-state index is 11.5. The molecule has 0 atom stereocenters. The lowest BCUT2D eigenvalue weighted by molar-refractivity contribution is 0.249. The number of amides is 2. The van der Waals surface area contributed by atoms with Gasteiger partial charge in [-0.15, -0.1) is 0 Å². The van der Waals surface area contributed by atoms with Crippen LogP contribution in [0, 0.1) is 0 Å². The summed E-state index contributed by atoms with van der Waals surface area (Å²) in [5.74, 6) is 0.429. The van der Waals surface area contributed by atoms with Crippen molar-refractivity contribution in [2.45, 2.75) is 13.0 Å². The molecule has 1 aromatic heterocycles. The normalized spacial score (nSPS) is 10.6. The largest absolute Gasteiger partial charge is 0.370 e. The van der Waals surface area contributed by atoms with Crippen LogP contribution in [0.1, 0.15) is 12.0 Å². The zero-order valence-corrected chi connectivity index (χ0v) is 16.6. The lowest BCUT2D eigenvalue weighted by Crippen LogP contribution is -2.28. The predicted octanol–water partition coefficient (Wildman–Crippen LogP) is 1.01. The van der Waals surface area contributed by atoms with Gasteiger partial charge in [0.2, 0.25) is 5.95 Å². The van der Waals surface area contributed by atoms with Crippen LogP contribution in [-0.4, -0.2) is 61.1 Å². The SMILES string of the molecule is CN(C)CCCN(C)c1ncc(-c2cccc(CNC(=O)N=C(N)N)c2)cn1. The Morgan fingerprint density at radius 2 is 1.82 bits per heavy atom. The van der Waals surface area contributed by atoms with Crippen molar-refractivity contribution in [3.05, 3.63) is 42.2 Å². The van der Waals surface area contributed by atoms with Crippen LogP contribution in [-0.2, 0) is 6.54 Å². The number of rotatable bonds is 8. The molecular formula is C19H28N8O. The summed E-state index contributed by atoms with van der Waals surface area (Å²) in [6.07, 6.45) is 4.66. The minimum atomic E-state index is -0.574. The first kappa shape index (κ1) is 21.1. The molecule has 9 heteroatoms. The van der Waals surface area contributed by atoms with Crippen molar-refractivity contribution >= 4 is 17.9 Å². The van der Waals surface area contributed by atoms with Gasteiger partial charge in [-0.1, -0.05) is 18.2 Å². The van der Waals surface area contributed by atoms with Crippen LogP contribution in [0.5, 0.6) is 0 Å². The van der Waals surface area contributed by atoms with Crippen molar-refractivity contribution in [2.75, 3.05) is 39.1 Å². The van der Waals surface area contributed by atoms with Gasteiger partial charge >= 0.3 is 6.03 Å². The Morgan fingerprint density at radius 3 is 2.46 bits per heavy atom. The zero-order chi connectivity index (χ0) is 20.5. The van der Waals surface area contributed by atoms with E-state index in [1.807, 2.05) is 48.6 Å². The predicted molar refractivity (Wildman–Crippen MR) is 112 cm³/mol. The highest BCUT2D eigenvalue weighted by Crippen LogP contribution is 2.20. The Kier molecular flexibility index (Phi) is 7.70. The maximum Gasteiger partial charge on any atom is 0.344 e. The Hall–Kier alpha value is -3.20. The summed E-state index contributed by atoms with van der Waals surface area (Å²) in [6, 6.07) is 7.19. The van der Waals surface area contributed by atoms with Crippen molar-refractivity contribution in [3.63, 3.8) is 0 Å². The number of guanidine groups is 1. The molecule has 0 fully saturated rings. The van der Waals surface area contributed by atoms with Crippen LogP contribution in [0.25, 0.3) is 11.1 Å². The van der Waals surface area contributed by atoms with Gasteiger partial charge in [0.15, 0.2) is 5.96 Å². The van der Waals surface area contributed by atoms with Crippen LogP contribution >= 0.6 is 0 Å². The summed E-state index contributed by atoms with van der Waals surface area (Å²) in [7, 11) is 6.11. The molecule has 150 valence electrons. The summed E-state index contributed by atoms with van der Waals surface area (Å²) >= 11 is 0. The van der Waals surface area contributed by atoms with E-state index < -0.39 is 6.03 Å². The number of aromatic nitrogens is 2. The van der Waals surface area contributed by atoms with Crippen molar-refractivity contribution in [1.29, 1.82) is 0 Å². The fourth-order valence-electron chi connectivity index (χ4n) is 2.59. The van der Waals surface area contributed by atoms with E-state index >= 15 is 0 Å². The Morgan fingerprint density at radius 1 is 1.11 bits per heavy atom. The minimum Gasteiger partial charge on any atom is -0.370 e. The third-order valence-corrected chi connectivity index (χ3v) is 4.01. The Labute approximate surface area is 165 Å². The molecule has 2 aromatic rings. The molecule has 2 amide bonds. The number of aliphatic imine (C=N–C) groups is 1. The average molecular weight is 384 g/mol. The molecule has 0 spiro atoms. The summed E-state index contributed by atoms with van der Waals surface area (Å²) in [4.78, 5) is 28.1. The first-order chi connectivity index (χ1) is 13.3. The van der Waals surface area contributed by atoms with E-state index in [0.717, 1.165) is 36.2 Å². The van der Waals surface area contributed by atoms with E-state index in [9.17, 15) is 4.79 Å². The molecule has 0 radical (unpaired) electrons. The average Bonchev–Trinajstić information content (AvgIpc) is 2.66.